The summed E-state index contributed by atoms with van der Waals surface area (Å²) in [5.41, 5.74) is 2.19. The van der Waals surface area contributed by atoms with Crippen molar-refractivity contribution in [3.63, 3.8) is 0 Å². The zero-order valence-corrected chi connectivity index (χ0v) is 32.0. The normalized spacial score (nSPS) is 14.0. The summed E-state index contributed by atoms with van der Waals surface area (Å²) < 4.78 is 69.7. The Morgan fingerprint density at radius 1 is 0.642 bits per heavy atom. The van der Waals surface area contributed by atoms with Crippen molar-refractivity contribution in [3.8, 4) is 11.4 Å². The number of rotatable bonds is 6. The lowest BCUT2D eigenvalue weighted by Gasteiger charge is -2.31. The van der Waals surface area contributed by atoms with Gasteiger partial charge >= 0.3 is 21.1 Å². The van der Waals surface area contributed by atoms with Crippen LogP contribution in [0.4, 0.5) is 13.2 Å². The molecule has 0 amide bonds. The van der Waals surface area contributed by atoms with Crippen LogP contribution in [0.1, 0.15) is 48.2 Å². The van der Waals surface area contributed by atoms with Gasteiger partial charge in [0.2, 0.25) is 0 Å². The summed E-state index contributed by atoms with van der Waals surface area (Å²) in [7, 11) is -7.77. The summed E-state index contributed by atoms with van der Waals surface area (Å²) in [6.07, 6.45) is 2.41. The highest BCUT2D eigenvalue weighted by Gasteiger charge is 2.38. The maximum atomic E-state index is 10.7. The first-order valence-corrected chi connectivity index (χ1v) is 20.8. The van der Waals surface area contributed by atoms with Crippen LogP contribution in [0.2, 0.25) is 0 Å². The molecule has 9 aromatic rings. The zero-order valence-electron chi connectivity index (χ0n) is 29.4. The average Bonchev–Trinajstić information content (AvgIpc) is 3.13. The van der Waals surface area contributed by atoms with Crippen molar-refractivity contribution in [1.29, 1.82) is 0 Å². The van der Waals surface area contributed by atoms with Gasteiger partial charge in [-0.25, -0.2) is 8.42 Å². The number of alkyl halides is 3. The number of benzene rings is 6. The minimum absolute atomic E-state index is 0.235. The SMILES string of the molecule is Cc1ccccc1-n1c[n+](-c2ccccc2C)p2n([C@@H](C)c3ccc4ccccc4c3)p1n2[C@@H](C)c1ccc2ccccc2c1.O=S(=O)([O-])C(F)(F)F. The van der Waals surface area contributed by atoms with E-state index >= 15 is 0 Å². The van der Waals surface area contributed by atoms with E-state index in [0.717, 1.165) is 0 Å². The molecule has 0 radical (unpaired) electrons. The Morgan fingerprint density at radius 2 is 1.08 bits per heavy atom. The second-order valence-electron chi connectivity index (χ2n) is 13.0. The van der Waals surface area contributed by atoms with Gasteiger partial charge in [-0.2, -0.15) is 30.0 Å². The molecule has 0 aliphatic rings. The first-order valence-electron chi connectivity index (χ1n) is 17.0. The largest absolute Gasteiger partial charge is 0.741 e. The molecule has 6 aromatic carbocycles. The molecule has 0 fully saturated rings. The van der Waals surface area contributed by atoms with Gasteiger partial charge in [0.05, 0.1) is 11.4 Å². The molecule has 7 nitrogen and oxygen atoms in total. The van der Waals surface area contributed by atoms with Crippen molar-refractivity contribution >= 4 is 47.3 Å². The number of nitrogens with zero attached hydrogens (tertiary/aromatic N) is 4. The summed E-state index contributed by atoms with van der Waals surface area (Å²) >= 11 is 0. The monoisotopic (exact) mass is 772 g/mol. The van der Waals surface area contributed by atoms with Crippen molar-refractivity contribution in [1.82, 2.24) is 12.5 Å². The highest BCUT2D eigenvalue weighted by Crippen LogP contribution is 2.52. The van der Waals surface area contributed by atoms with Crippen molar-refractivity contribution in [3.05, 3.63) is 162 Å². The first-order chi connectivity index (χ1) is 25.2. The highest BCUT2D eigenvalue weighted by atomic mass is 32.2. The van der Waals surface area contributed by atoms with Crippen LogP contribution in [-0.2, 0) is 10.1 Å². The lowest BCUT2D eigenvalue weighted by molar-refractivity contribution is -0.530. The summed E-state index contributed by atoms with van der Waals surface area (Å²) in [5, 5.41) is 5.17. The van der Waals surface area contributed by atoms with Gasteiger partial charge < -0.3 is 4.55 Å². The third-order valence-electron chi connectivity index (χ3n) is 9.55. The molecule has 13 heteroatoms. The molecule has 3 heterocycles. The molecule has 0 spiro atoms. The molecule has 2 bridgehead atoms. The van der Waals surface area contributed by atoms with Gasteiger partial charge in [0.15, 0.2) is 16.4 Å². The summed E-state index contributed by atoms with van der Waals surface area (Å²) in [6.45, 7) is 9.29. The Balaban J connectivity index is 0.000000491. The molecule has 0 aliphatic carbocycles. The van der Waals surface area contributed by atoms with E-state index in [1.54, 1.807) is 0 Å². The molecular weight excluding hydrogens is 735 g/mol. The third-order valence-corrected chi connectivity index (χ3v) is 16.3. The fraction of sp³-hybridized carbons (Fsp3) is 0.175. The Morgan fingerprint density at radius 3 is 1.55 bits per heavy atom. The van der Waals surface area contributed by atoms with E-state index in [4.69, 9.17) is 13.0 Å². The second kappa shape index (κ2) is 14.2. The number of hydrogen-bond acceptors (Lipinski definition) is 3. The number of halogens is 3. The van der Waals surface area contributed by atoms with E-state index < -0.39 is 31.3 Å². The van der Waals surface area contributed by atoms with E-state index in [0.29, 0.717) is 0 Å². The molecule has 9 rings (SSSR count). The van der Waals surface area contributed by atoms with Crippen LogP contribution in [0.25, 0.3) is 32.9 Å². The molecule has 0 unspecified atom stereocenters. The van der Waals surface area contributed by atoms with Gasteiger partial charge in [0.1, 0.15) is 12.1 Å². The molecule has 0 N–H and O–H groups in total. The predicted molar refractivity (Wildman–Crippen MR) is 207 cm³/mol. The lowest BCUT2D eigenvalue weighted by atomic mass is 10.0. The number of aryl methyl sites for hydroxylation is 2. The third kappa shape index (κ3) is 6.91. The van der Waals surface area contributed by atoms with E-state index in [2.05, 4.69) is 184 Å². The second-order valence-corrected chi connectivity index (χ2v) is 18.7. The highest BCUT2D eigenvalue weighted by molar-refractivity contribution is 7.86. The minimum Gasteiger partial charge on any atom is -0.741 e. The Hall–Kier alpha value is -4.79. The first kappa shape index (κ1) is 36.6. The van der Waals surface area contributed by atoms with Gasteiger partial charge in [0, 0.05) is 0 Å². The topological polar surface area (TPSA) is 75.9 Å². The Labute approximate surface area is 308 Å². The number of hydrogen-bond donors (Lipinski definition) is 0. The van der Waals surface area contributed by atoms with Crippen LogP contribution in [0.15, 0.2) is 140 Å². The molecule has 0 aliphatic heterocycles. The standard InChI is InChI=1S/C39H37N4P2.CHF3O3S/c1-28-13-5-11-19-38(28)40-27-41(39-20-12-6-14-29(39)2)45-42(30(3)34-23-21-32-15-7-9-17-36(32)25-34)44(40)43(45)31(4)35-24-22-33-16-8-10-18-37(33)26-35;2-1(3,4)8(5,6)7/h5-27,30-31H,1-4H3;(H,5,6,7)/q+1;/p-1/t30-,31-,44?,45?;/m0./s1. The van der Waals surface area contributed by atoms with Crippen LogP contribution in [0, 0.1) is 13.8 Å². The zero-order chi connectivity index (χ0) is 37.7. The van der Waals surface area contributed by atoms with Crippen molar-refractivity contribution < 1.29 is 30.5 Å². The lowest BCUT2D eigenvalue weighted by Crippen LogP contribution is -2.39. The van der Waals surface area contributed by atoms with E-state index in [9.17, 15) is 13.2 Å². The van der Waals surface area contributed by atoms with Gasteiger partial charge in [-0.15, -0.1) is 0 Å². The molecule has 0 saturated carbocycles. The summed E-state index contributed by atoms with van der Waals surface area (Å²) in [4.78, 5) is 0. The molecule has 272 valence electrons. The van der Waals surface area contributed by atoms with Crippen molar-refractivity contribution in [2.45, 2.75) is 45.3 Å². The van der Waals surface area contributed by atoms with Gasteiger partial charge in [0.25, 0.3) is 0 Å². The van der Waals surface area contributed by atoms with E-state index in [1.165, 1.54) is 55.2 Å². The number of aromatic nitrogens is 4. The van der Waals surface area contributed by atoms with Crippen molar-refractivity contribution in [2.24, 2.45) is 0 Å². The van der Waals surface area contributed by atoms with Crippen LogP contribution in [0.3, 0.4) is 0 Å². The fourth-order valence-electron chi connectivity index (χ4n) is 6.67. The maximum absolute atomic E-state index is 10.7. The van der Waals surface area contributed by atoms with E-state index in [1.807, 2.05) is 0 Å². The smallest absolute Gasteiger partial charge is 0.485 e. The molecule has 3 aromatic heterocycles. The van der Waals surface area contributed by atoms with E-state index in [-0.39, 0.29) is 12.1 Å². The summed E-state index contributed by atoms with van der Waals surface area (Å²) in [5.74, 6) is 0. The van der Waals surface area contributed by atoms with Gasteiger partial charge in [-0.3, -0.25) is 0 Å². The number of para-hydroxylation sites is 2. The predicted octanol–water partition coefficient (Wildman–Crippen LogP) is 10.8. The van der Waals surface area contributed by atoms with Crippen LogP contribution >= 0.6 is 15.6 Å². The molecule has 53 heavy (non-hydrogen) atoms. The quantitative estimate of drug-likeness (QED) is 0.125. The van der Waals surface area contributed by atoms with Crippen LogP contribution in [-0.4, -0.2) is 31.0 Å². The Kier molecular flexibility index (Phi) is 9.81. The van der Waals surface area contributed by atoms with Gasteiger partial charge in [-0.05, 0) is 95.8 Å². The number of fused-ring (bicyclic) bond motifs is 4. The minimum atomic E-state index is -6.09. The summed E-state index contributed by atoms with van der Waals surface area (Å²) in [6, 6.07) is 49.6. The molecule has 2 atom stereocenters. The maximum Gasteiger partial charge on any atom is 0.485 e. The Bertz CT molecular complexity index is 2560. The van der Waals surface area contributed by atoms with Crippen LogP contribution < -0.4 is 4.33 Å². The fourth-order valence-corrected chi connectivity index (χ4v) is 13.6. The van der Waals surface area contributed by atoms with Gasteiger partial charge in [-0.1, -0.05) is 109 Å². The van der Waals surface area contributed by atoms with Crippen molar-refractivity contribution in [2.75, 3.05) is 0 Å². The average molecular weight is 773 g/mol. The molecular formula is C40H37F3N4O3P2S. The molecule has 0 saturated heterocycles. The van der Waals surface area contributed by atoms with Crippen LogP contribution in [0.5, 0.6) is 0 Å².